The minimum absolute atomic E-state index is 0.0485. The molecule has 1 atom stereocenters. The van der Waals surface area contributed by atoms with Crippen molar-refractivity contribution in [1.29, 1.82) is 0 Å². The van der Waals surface area contributed by atoms with E-state index in [1.54, 1.807) is 18.4 Å². The van der Waals surface area contributed by atoms with E-state index in [9.17, 15) is 9.90 Å². The number of amides is 1. The molecule has 30 heavy (non-hydrogen) atoms. The first-order chi connectivity index (χ1) is 14.2. The van der Waals surface area contributed by atoms with Gasteiger partial charge in [0.05, 0.1) is 6.61 Å². The fourth-order valence-electron chi connectivity index (χ4n) is 2.77. The first kappa shape index (κ1) is 22.1. The van der Waals surface area contributed by atoms with E-state index in [-0.39, 0.29) is 13.2 Å². The molecule has 0 saturated heterocycles. The number of thiophene rings is 1. The average Bonchev–Trinajstić information content (AvgIpc) is 3.13. The number of hydrogen-bond acceptors (Lipinski definition) is 6. The van der Waals surface area contributed by atoms with Crippen molar-refractivity contribution in [3.05, 3.63) is 48.5 Å². The van der Waals surface area contributed by atoms with Crippen molar-refractivity contribution in [3.63, 3.8) is 0 Å². The fraction of sp³-hybridized carbons (Fsp3) is 0.348. The van der Waals surface area contributed by atoms with Gasteiger partial charge in [0.2, 0.25) is 0 Å². The molecule has 0 bridgehead atoms. The van der Waals surface area contributed by atoms with Gasteiger partial charge in [0, 0.05) is 22.3 Å². The predicted molar refractivity (Wildman–Crippen MR) is 120 cm³/mol. The monoisotopic (exact) mass is 429 g/mol. The van der Waals surface area contributed by atoms with E-state index in [1.807, 2.05) is 63.2 Å². The molecule has 0 unspecified atom stereocenters. The van der Waals surface area contributed by atoms with Gasteiger partial charge in [-0.3, -0.25) is 4.90 Å². The molecule has 0 aliphatic heterocycles. The summed E-state index contributed by atoms with van der Waals surface area (Å²) in [4.78, 5) is 14.8. The van der Waals surface area contributed by atoms with Crippen LogP contribution in [0.15, 0.2) is 48.5 Å². The quantitative estimate of drug-likeness (QED) is 0.595. The number of fused-ring (bicyclic) bond motifs is 1. The van der Waals surface area contributed by atoms with Crippen LogP contribution in [0.2, 0.25) is 0 Å². The van der Waals surface area contributed by atoms with Crippen molar-refractivity contribution in [2.24, 2.45) is 0 Å². The lowest BCUT2D eigenvalue weighted by Crippen LogP contribution is -2.34. The summed E-state index contributed by atoms with van der Waals surface area (Å²) in [6.45, 7) is 5.24. The summed E-state index contributed by atoms with van der Waals surface area (Å²) in [5.41, 5.74) is 1.27. The third-order valence-electron chi connectivity index (χ3n) is 4.35. The minimum Gasteiger partial charge on any atom is -0.491 e. The summed E-state index contributed by atoms with van der Waals surface area (Å²) < 4.78 is 12.0. The molecule has 0 saturated carbocycles. The number of carbonyl (C=O) groups is 1. The Bertz CT molecular complexity index is 1010. The molecule has 0 radical (unpaired) electrons. The highest BCUT2D eigenvalue weighted by Gasteiger charge is 2.20. The third kappa shape index (κ3) is 5.50. The first-order valence-electron chi connectivity index (χ1n) is 9.69. The van der Waals surface area contributed by atoms with Crippen molar-refractivity contribution in [2.75, 3.05) is 25.2 Å². The molecular weight excluding hydrogens is 402 g/mol. The van der Waals surface area contributed by atoms with Crippen molar-refractivity contribution < 1.29 is 24.5 Å². The van der Waals surface area contributed by atoms with Gasteiger partial charge in [0.15, 0.2) is 0 Å². The SMILES string of the molecule is CN(C(=O)OC(C)(C)C)c1ccc(-c2cc3ccc(OC[C@H](O)CO)cc3s2)cc1. The van der Waals surface area contributed by atoms with Crippen LogP contribution in [0.3, 0.4) is 0 Å². The van der Waals surface area contributed by atoms with E-state index in [2.05, 4.69) is 6.07 Å². The zero-order valence-corrected chi connectivity index (χ0v) is 18.4. The number of aliphatic hydroxyl groups is 2. The number of benzene rings is 2. The maximum Gasteiger partial charge on any atom is 0.414 e. The smallest absolute Gasteiger partial charge is 0.414 e. The third-order valence-corrected chi connectivity index (χ3v) is 5.50. The van der Waals surface area contributed by atoms with Crippen LogP contribution in [0.25, 0.3) is 20.5 Å². The molecule has 1 heterocycles. The van der Waals surface area contributed by atoms with Crippen molar-refractivity contribution >= 4 is 33.2 Å². The van der Waals surface area contributed by atoms with Gasteiger partial charge in [-0.2, -0.15) is 0 Å². The lowest BCUT2D eigenvalue weighted by Gasteiger charge is -2.24. The Morgan fingerprint density at radius 2 is 1.83 bits per heavy atom. The summed E-state index contributed by atoms with van der Waals surface area (Å²) in [5, 5.41) is 19.4. The van der Waals surface area contributed by atoms with Gasteiger partial charge in [0.1, 0.15) is 24.1 Å². The van der Waals surface area contributed by atoms with Crippen LogP contribution in [-0.2, 0) is 4.74 Å². The highest BCUT2D eigenvalue weighted by Crippen LogP contribution is 2.36. The van der Waals surface area contributed by atoms with Crippen molar-refractivity contribution in [2.45, 2.75) is 32.5 Å². The Hall–Kier alpha value is -2.61. The maximum atomic E-state index is 12.2. The van der Waals surface area contributed by atoms with Crippen LogP contribution in [0, 0.1) is 0 Å². The fourth-order valence-corrected chi connectivity index (χ4v) is 3.87. The van der Waals surface area contributed by atoms with Gasteiger partial charge in [-0.05, 0) is 68.1 Å². The highest BCUT2D eigenvalue weighted by atomic mass is 32.1. The molecule has 1 amide bonds. The lowest BCUT2D eigenvalue weighted by molar-refractivity contribution is 0.0536. The average molecular weight is 430 g/mol. The number of nitrogens with zero attached hydrogens (tertiary/aromatic N) is 1. The molecule has 160 valence electrons. The second-order valence-electron chi connectivity index (χ2n) is 8.04. The Balaban J connectivity index is 1.75. The molecule has 7 heteroatoms. The second kappa shape index (κ2) is 9.04. The summed E-state index contributed by atoms with van der Waals surface area (Å²) in [6, 6.07) is 15.6. The number of rotatable bonds is 6. The van der Waals surface area contributed by atoms with E-state index in [1.165, 1.54) is 4.90 Å². The van der Waals surface area contributed by atoms with Crippen LogP contribution < -0.4 is 9.64 Å². The van der Waals surface area contributed by atoms with E-state index in [0.717, 1.165) is 26.2 Å². The van der Waals surface area contributed by atoms with Crippen LogP contribution in [0.4, 0.5) is 10.5 Å². The number of ether oxygens (including phenoxy) is 2. The molecule has 0 aliphatic rings. The number of hydrogen-bond donors (Lipinski definition) is 2. The van der Waals surface area contributed by atoms with E-state index < -0.39 is 17.8 Å². The van der Waals surface area contributed by atoms with Crippen LogP contribution in [-0.4, -0.2) is 48.3 Å². The first-order valence-corrected chi connectivity index (χ1v) is 10.5. The lowest BCUT2D eigenvalue weighted by atomic mass is 10.1. The molecule has 0 spiro atoms. The van der Waals surface area contributed by atoms with Gasteiger partial charge in [-0.1, -0.05) is 12.1 Å². The van der Waals surface area contributed by atoms with Gasteiger partial charge in [0.25, 0.3) is 0 Å². The summed E-state index contributed by atoms with van der Waals surface area (Å²) >= 11 is 1.64. The summed E-state index contributed by atoms with van der Waals surface area (Å²) in [7, 11) is 1.69. The Labute approximate surface area is 180 Å². The van der Waals surface area contributed by atoms with E-state index in [0.29, 0.717) is 5.75 Å². The Morgan fingerprint density at radius 1 is 1.13 bits per heavy atom. The largest absolute Gasteiger partial charge is 0.491 e. The summed E-state index contributed by atoms with van der Waals surface area (Å²) in [5.74, 6) is 0.651. The molecule has 0 aliphatic carbocycles. The topological polar surface area (TPSA) is 79.2 Å². The molecule has 1 aromatic heterocycles. The zero-order chi connectivity index (χ0) is 21.9. The standard InChI is InChI=1S/C23H27NO5S/c1-23(2,3)29-22(27)24(4)17-8-5-15(6-9-17)20-11-16-7-10-19(12-21(16)30-20)28-14-18(26)13-25/h5-12,18,25-26H,13-14H2,1-4H3/t18-/m1/s1. The Morgan fingerprint density at radius 3 is 2.47 bits per heavy atom. The van der Waals surface area contributed by atoms with Crippen molar-refractivity contribution in [3.8, 4) is 16.2 Å². The summed E-state index contributed by atoms with van der Waals surface area (Å²) in [6.07, 6.45) is -1.28. The predicted octanol–water partition coefficient (Wildman–Crippen LogP) is 4.67. The number of carbonyl (C=O) groups excluding carboxylic acids is 1. The number of anilines is 1. The van der Waals surface area contributed by atoms with Crippen LogP contribution in [0.5, 0.6) is 5.75 Å². The van der Waals surface area contributed by atoms with Gasteiger partial charge in [-0.15, -0.1) is 11.3 Å². The van der Waals surface area contributed by atoms with Gasteiger partial charge in [-0.25, -0.2) is 4.79 Å². The van der Waals surface area contributed by atoms with Crippen LogP contribution in [0.1, 0.15) is 20.8 Å². The molecule has 3 aromatic rings. The molecule has 2 aromatic carbocycles. The molecule has 0 fully saturated rings. The maximum absolute atomic E-state index is 12.2. The second-order valence-corrected chi connectivity index (χ2v) is 9.13. The Kier molecular flexibility index (Phi) is 6.65. The molecule has 2 N–H and O–H groups in total. The van der Waals surface area contributed by atoms with E-state index in [4.69, 9.17) is 14.6 Å². The van der Waals surface area contributed by atoms with Crippen LogP contribution >= 0.6 is 11.3 Å². The van der Waals surface area contributed by atoms with Gasteiger partial charge >= 0.3 is 6.09 Å². The molecular formula is C23H27NO5S. The number of aliphatic hydroxyl groups excluding tert-OH is 2. The molecule has 3 rings (SSSR count). The normalized spacial score (nSPS) is 12.6. The van der Waals surface area contributed by atoms with E-state index >= 15 is 0 Å². The molecule has 6 nitrogen and oxygen atoms in total. The zero-order valence-electron chi connectivity index (χ0n) is 17.6. The highest BCUT2D eigenvalue weighted by molar-refractivity contribution is 7.22. The van der Waals surface area contributed by atoms with Crippen molar-refractivity contribution in [1.82, 2.24) is 0 Å². The minimum atomic E-state index is -0.892. The van der Waals surface area contributed by atoms with Gasteiger partial charge < -0.3 is 19.7 Å².